The van der Waals surface area contributed by atoms with Crippen molar-refractivity contribution in [1.82, 2.24) is 19.9 Å². The molecule has 0 bridgehead atoms. The summed E-state index contributed by atoms with van der Waals surface area (Å²) in [5.74, 6) is 0.255. The average Bonchev–Trinajstić information content (AvgIpc) is 3.18. The number of hydrogen-bond donors (Lipinski definition) is 0. The lowest BCUT2D eigenvalue weighted by Crippen LogP contribution is -2.38. The first-order valence-electron chi connectivity index (χ1n) is 8.29. The van der Waals surface area contributed by atoms with E-state index in [1.165, 1.54) is 22.8 Å². The molecule has 0 fully saturated rings. The fourth-order valence-corrected chi connectivity index (χ4v) is 4.58. The van der Waals surface area contributed by atoms with Crippen LogP contribution in [0.4, 0.5) is 5.82 Å². The molecule has 1 aliphatic heterocycles. The predicted octanol–water partition coefficient (Wildman–Crippen LogP) is 2.18. The molecule has 11 heteroatoms. The van der Waals surface area contributed by atoms with Crippen LogP contribution in [0.1, 0.15) is 12.1 Å². The van der Waals surface area contributed by atoms with Crippen LogP contribution in [0.5, 0.6) is 0 Å². The van der Waals surface area contributed by atoms with Crippen LogP contribution in [0.3, 0.4) is 0 Å². The molecule has 4 rings (SSSR count). The van der Waals surface area contributed by atoms with Crippen LogP contribution < -0.4 is 4.31 Å². The molecule has 9 nitrogen and oxygen atoms in total. The SMILES string of the molecule is CO/N=C1\CCN(S(C)(=O)=O)c2ncc(-c3cnc(-c4cccnc4)s3)nc21. The third kappa shape index (κ3) is 3.45. The number of pyridine rings is 1. The standard InChI is InChI=1S/C17H16N6O3S2/c1-26-22-12-5-7-23(28(2,24)25)16-15(12)21-13(9-19-16)14-10-20-17(27-14)11-4-3-6-18-8-11/h3-4,6,8-10H,5,7H2,1-2H3/b22-12+. The Morgan fingerprint density at radius 3 is 2.82 bits per heavy atom. The van der Waals surface area contributed by atoms with Gasteiger partial charge in [0.05, 0.1) is 17.3 Å². The minimum atomic E-state index is -3.47. The van der Waals surface area contributed by atoms with Crippen LogP contribution >= 0.6 is 11.3 Å². The van der Waals surface area contributed by atoms with E-state index in [9.17, 15) is 8.42 Å². The Bertz CT molecular complexity index is 1140. The maximum Gasteiger partial charge on any atom is 0.233 e. The molecule has 0 aliphatic carbocycles. The number of oxime groups is 1. The fraction of sp³-hybridized carbons (Fsp3) is 0.235. The van der Waals surface area contributed by atoms with Gasteiger partial charge in [-0.2, -0.15) is 0 Å². The number of sulfonamides is 1. The summed E-state index contributed by atoms with van der Waals surface area (Å²) in [7, 11) is -2.03. The highest BCUT2D eigenvalue weighted by Crippen LogP contribution is 2.33. The first kappa shape index (κ1) is 18.4. The third-order valence-corrected chi connectivity index (χ3v) is 6.31. The number of anilines is 1. The highest BCUT2D eigenvalue weighted by molar-refractivity contribution is 7.92. The monoisotopic (exact) mass is 416 g/mol. The van der Waals surface area contributed by atoms with Crippen molar-refractivity contribution in [2.45, 2.75) is 6.42 Å². The second-order valence-electron chi connectivity index (χ2n) is 6.00. The number of aromatic nitrogens is 4. The number of nitrogens with zero attached hydrogens (tertiary/aromatic N) is 6. The molecule has 3 aromatic rings. The predicted molar refractivity (Wildman–Crippen MR) is 107 cm³/mol. The van der Waals surface area contributed by atoms with Crippen molar-refractivity contribution in [3.63, 3.8) is 0 Å². The Kier molecular flexibility index (Phi) is 4.77. The van der Waals surface area contributed by atoms with Gasteiger partial charge < -0.3 is 4.84 Å². The Morgan fingerprint density at radius 2 is 2.11 bits per heavy atom. The van der Waals surface area contributed by atoms with Crippen LogP contribution in [0, 0.1) is 0 Å². The first-order valence-corrected chi connectivity index (χ1v) is 11.0. The number of fused-ring (bicyclic) bond motifs is 1. The lowest BCUT2D eigenvalue weighted by Gasteiger charge is -2.27. The molecule has 0 N–H and O–H groups in total. The zero-order valence-electron chi connectivity index (χ0n) is 15.1. The normalized spacial score (nSPS) is 15.5. The summed E-state index contributed by atoms with van der Waals surface area (Å²) in [6.45, 7) is 0.244. The second-order valence-corrected chi connectivity index (χ2v) is 8.94. The van der Waals surface area contributed by atoms with Crippen molar-refractivity contribution in [3.05, 3.63) is 42.6 Å². The summed E-state index contributed by atoms with van der Waals surface area (Å²) in [6, 6.07) is 3.78. The van der Waals surface area contributed by atoms with E-state index in [0.717, 1.165) is 21.7 Å². The van der Waals surface area contributed by atoms with Gasteiger partial charge in [-0.25, -0.2) is 23.4 Å². The molecule has 0 unspecified atom stereocenters. The lowest BCUT2D eigenvalue weighted by molar-refractivity contribution is 0.212. The topological polar surface area (TPSA) is 111 Å². The molecule has 0 amide bonds. The summed E-state index contributed by atoms with van der Waals surface area (Å²) in [5.41, 5.74) is 2.45. The Morgan fingerprint density at radius 1 is 1.25 bits per heavy atom. The van der Waals surface area contributed by atoms with Crippen LogP contribution in [-0.4, -0.2) is 54.0 Å². The molecule has 0 saturated heterocycles. The van der Waals surface area contributed by atoms with Gasteiger partial charge in [0.15, 0.2) is 5.82 Å². The average molecular weight is 416 g/mol. The van der Waals surface area contributed by atoms with E-state index in [0.29, 0.717) is 23.5 Å². The minimum Gasteiger partial charge on any atom is -0.399 e. The number of rotatable bonds is 4. The van der Waals surface area contributed by atoms with Crippen LogP contribution in [0.2, 0.25) is 0 Å². The highest BCUT2D eigenvalue weighted by Gasteiger charge is 2.31. The molecule has 28 heavy (non-hydrogen) atoms. The van der Waals surface area contributed by atoms with Gasteiger partial charge in [0.25, 0.3) is 0 Å². The number of thiazole rings is 1. The molecule has 0 radical (unpaired) electrons. The van der Waals surface area contributed by atoms with Gasteiger partial charge >= 0.3 is 0 Å². The summed E-state index contributed by atoms with van der Waals surface area (Å²) < 4.78 is 25.4. The van der Waals surface area contributed by atoms with Gasteiger partial charge in [0, 0.05) is 37.1 Å². The molecule has 0 aromatic carbocycles. The van der Waals surface area contributed by atoms with E-state index >= 15 is 0 Å². The molecule has 3 aromatic heterocycles. The molecule has 144 valence electrons. The summed E-state index contributed by atoms with van der Waals surface area (Å²) >= 11 is 1.45. The van der Waals surface area contributed by atoms with Gasteiger partial charge in [-0.05, 0) is 12.1 Å². The molecule has 1 aliphatic rings. The van der Waals surface area contributed by atoms with Gasteiger partial charge in [0.2, 0.25) is 10.0 Å². The Labute approximate surface area is 165 Å². The maximum atomic E-state index is 12.1. The summed E-state index contributed by atoms with van der Waals surface area (Å²) in [5, 5.41) is 4.81. The second kappa shape index (κ2) is 7.24. The highest BCUT2D eigenvalue weighted by atomic mass is 32.2. The van der Waals surface area contributed by atoms with Crippen molar-refractivity contribution in [2.24, 2.45) is 5.16 Å². The van der Waals surface area contributed by atoms with Gasteiger partial charge in [-0.3, -0.25) is 9.29 Å². The van der Waals surface area contributed by atoms with E-state index < -0.39 is 10.0 Å². The van der Waals surface area contributed by atoms with E-state index in [1.54, 1.807) is 24.8 Å². The van der Waals surface area contributed by atoms with Crippen molar-refractivity contribution >= 4 is 32.9 Å². The van der Waals surface area contributed by atoms with E-state index in [-0.39, 0.29) is 12.4 Å². The summed E-state index contributed by atoms with van der Waals surface area (Å²) in [6.07, 6.45) is 8.25. The molecule has 4 heterocycles. The van der Waals surface area contributed by atoms with Crippen LogP contribution in [-0.2, 0) is 14.9 Å². The Balaban J connectivity index is 1.78. The third-order valence-electron chi connectivity index (χ3n) is 4.08. The summed E-state index contributed by atoms with van der Waals surface area (Å²) in [4.78, 5) is 23.3. The molecular weight excluding hydrogens is 400 g/mol. The fourth-order valence-electron chi connectivity index (χ4n) is 2.85. The van der Waals surface area contributed by atoms with Crippen molar-refractivity contribution in [2.75, 3.05) is 24.2 Å². The smallest absolute Gasteiger partial charge is 0.233 e. The first-order chi connectivity index (χ1) is 13.5. The number of hydrogen-bond acceptors (Lipinski definition) is 9. The molecule has 0 atom stereocenters. The van der Waals surface area contributed by atoms with Crippen LogP contribution in [0.25, 0.3) is 21.1 Å². The molecule has 0 saturated carbocycles. The largest absolute Gasteiger partial charge is 0.399 e. The van der Waals surface area contributed by atoms with Crippen molar-refractivity contribution in [1.29, 1.82) is 0 Å². The van der Waals surface area contributed by atoms with E-state index in [4.69, 9.17) is 4.84 Å². The zero-order chi connectivity index (χ0) is 19.7. The van der Waals surface area contributed by atoms with Crippen molar-refractivity contribution in [3.8, 4) is 21.1 Å². The minimum absolute atomic E-state index is 0.244. The van der Waals surface area contributed by atoms with Gasteiger partial charge in [-0.15, -0.1) is 11.3 Å². The Hall–Kier alpha value is -2.92. The molecule has 0 spiro atoms. The zero-order valence-corrected chi connectivity index (χ0v) is 16.7. The van der Waals surface area contributed by atoms with Crippen molar-refractivity contribution < 1.29 is 13.3 Å². The van der Waals surface area contributed by atoms with Gasteiger partial charge in [-0.1, -0.05) is 5.16 Å². The quantitative estimate of drug-likeness (QED) is 0.599. The molecular formula is C17H16N6O3S2. The van der Waals surface area contributed by atoms with Crippen LogP contribution in [0.15, 0.2) is 42.1 Å². The van der Waals surface area contributed by atoms with E-state index in [1.807, 2.05) is 12.1 Å². The maximum absolute atomic E-state index is 12.1. The lowest BCUT2D eigenvalue weighted by atomic mass is 10.1. The van der Waals surface area contributed by atoms with Gasteiger partial charge in [0.1, 0.15) is 29.2 Å². The van der Waals surface area contributed by atoms with E-state index in [2.05, 4.69) is 25.1 Å².